The molecule has 0 spiro atoms. The molecule has 0 saturated heterocycles. The topological polar surface area (TPSA) is 67.6 Å². The van der Waals surface area contributed by atoms with Crippen LogP contribution in [0.2, 0.25) is 0 Å². The van der Waals surface area contributed by atoms with Crippen LogP contribution in [0.5, 0.6) is 0 Å². The van der Waals surface area contributed by atoms with E-state index < -0.39 is 0 Å². The number of rotatable bonds is 4. The van der Waals surface area contributed by atoms with Gasteiger partial charge in [-0.2, -0.15) is 5.10 Å². The van der Waals surface area contributed by atoms with Crippen molar-refractivity contribution < 1.29 is 0 Å². The van der Waals surface area contributed by atoms with Gasteiger partial charge in [-0.1, -0.05) is 19.1 Å². The Kier molecular flexibility index (Phi) is 3.19. The van der Waals surface area contributed by atoms with Crippen LogP contribution in [0.4, 0.5) is 5.69 Å². The molecule has 0 radical (unpaired) electrons. The van der Waals surface area contributed by atoms with Gasteiger partial charge in [0.2, 0.25) is 0 Å². The maximum Gasteiger partial charge on any atom is 0.150 e. The molecule has 0 aliphatic rings. The first-order chi connectivity index (χ1) is 7.78. The molecular weight excluding hydrogens is 200 g/mol. The smallest absolute Gasteiger partial charge is 0.150 e. The molecule has 0 aliphatic carbocycles. The first-order valence-corrected chi connectivity index (χ1v) is 5.52. The van der Waals surface area contributed by atoms with Crippen molar-refractivity contribution in [3.8, 4) is 0 Å². The summed E-state index contributed by atoms with van der Waals surface area (Å²) in [5.41, 5.74) is 7.65. The molecule has 84 valence electrons. The van der Waals surface area contributed by atoms with Crippen molar-refractivity contribution in [3.63, 3.8) is 0 Å². The van der Waals surface area contributed by atoms with Crippen LogP contribution in [0.25, 0.3) is 0 Å². The molecule has 1 aromatic heterocycles. The molecule has 0 saturated carbocycles. The molecule has 0 atom stereocenters. The second kappa shape index (κ2) is 4.79. The highest BCUT2D eigenvalue weighted by atomic mass is 15.2. The van der Waals surface area contributed by atoms with E-state index in [0.717, 1.165) is 42.2 Å². The summed E-state index contributed by atoms with van der Waals surface area (Å²) in [5.74, 6) is 1.79. The van der Waals surface area contributed by atoms with Gasteiger partial charge in [-0.3, -0.25) is 5.10 Å². The van der Waals surface area contributed by atoms with Crippen molar-refractivity contribution >= 4 is 5.69 Å². The number of hydrogen-bond donors (Lipinski definition) is 2. The summed E-state index contributed by atoms with van der Waals surface area (Å²) in [6, 6.07) is 7.83. The predicted octanol–water partition coefficient (Wildman–Crippen LogP) is 1.93. The second-order valence-electron chi connectivity index (χ2n) is 3.87. The molecule has 16 heavy (non-hydrogen) atoms. The van der Waals surface area contributed by atoms with Crippen molar-refractivity contribution in [3.05, 3.63) is 41.5 Å². The lowest BCUT2D eigenvalue weighted by Crippen LogP contribution is -1.93. The normalized spacial score (nSPS) is 10.6. The van der Waals surface area contributed by atoms with Crippen molar-refractivity contribution in [1.29, 1.82) is 0 Å². The number of anilines is 1. The van der Waals surface area contributed by atoms with E-state index in [4.69, 9.17) is 5.73 Å². The molecule has 2 aromatic rings. The first-order valence-electron chi connectivity index (χ1n) is 5.52. The summed E-state index contributed by atoms with van der Waals surface area (Å²) >= 11 is 0. The van der Waals surface area contributed by atoms with E-state index in [1.807, 2.05) is 24.3 Å². The summed E-state index contributed by atoms with van der Waals surface area (Å²) in [6.07, 6.45) is 2.74. The van der Waals surface area contributed by atoms with E-state index in [1.165, 1.54) is 0 Å². The molecule has 0 unspecified atom stereocenters. The Labute approximate surface area is 94.9 Å². The molecule has 2 rings (SSSR count). The lowest BCUT2D eigenvalue weighted by molar-refractivity contribution is 0.841. The minimum absolute atomic E-state index is 0.752. The van der Waals surface area contributed by atoms with E-state index in [-0.39, 0.29) is 0 Å². The molecule has 0 fully saturated rings. The van der Waals surface area contributed by atoms with Gasteiger partial charge in [0.05, 0.1) is 0 Å². The lowest BCUT2D eigenvalue weighted by Gasteiger charge is -1.98. The fourth-order valence-corrected chi connectivity index (χ4v) is 1.65. The van der Waals surface area contributed by atoms with Crippen LogP contribution in [-0.2, 0) is 12.8 Å². The number of H-pyrrole nitrogens is 1. The van der Waals surface area contributed by atoms with Gasteiger partial charge in [0.25, 0.3) is 0 Å². The first kappa shape index (κ1) is 10.7. The molecular formula is C12H16N4. The fourth-order valence-electron chi connectivity index (χ4n) is 1.65. The molecule has 4 nitrogen and oxygen atoms in total. The van der Waals surface area contributed by atoms with Gasteiger partial charge in [0.1, 0.15) is 5.82 Å². The third-order valence-electron chi connectivity index (χ3n) is 2.37. The fraction of sp³-hybridized carbons (Fsp3) is 0.333. The van der Waals surface area contributed by atoms with Crippen molar-refractivity contribution in [2.24, 2.45) is 0 Å². The average molecular weight is 216 g/mol. The predicted molar refractivity (Wildman–Crippen MR) is 64.0 cm³/mol. The average Bonchev–Trinajstić information content (AvgIpc) is 2.66. The van der Waals surface area contributed by atoms with Gasteiger partial charge in [-0.25, -0.2) is 4.98 Å². The van der Waals surface area contributed by atoms with E-state index in [1.54, 1.807) is 0 Å². The zero-order chi connectivity index (χ0) is 11.4. The van der Waals surface area contributed by atoms with Crippen LogP contribution in [0.3, 0.4) is 0 Å². The number of nitrogens with two attached hydrogens (primary N) is 1. The lowest BCUT2D eigenvalue weighted by atomic mass is 10.1. The summed E-state index contributed by atoms with van der Waals surface area (Å²) < 4.78 is 0. The van der Waals surface area contributed by atoms with Crippen LogP contribution in [0, 0.1) is 0 Å². The standard InChI is InChI=1S/C12H16N4/c1-2-4-11-14-12(16-15-11)8-9-5-3-6-10(13)7-9/h3,5-7H,2,4,8,13H2,1H3,(H,14,15,16). The number of benzene rings is 1. The Morgan fingerprint density at radius 2 is 2.25 bits per heavy atom. The number of aromatic nitrogens is 3. The largest absolute Gasteiger partial charge is 0.399 e. The Morgan fingerprint density at radius 1 is 1.38 bits per heavy atom. The SMILES string of the molecule is CCCc1n[nH]c(Cc2cccc(N)c2)n1. The monoisotopic (exact) mass is 216 g/mol. The molecule has 1 heterocycles. The third kappa shape index (κ3) is 2.59. The summed E-state index contributed by atoms with van der Waals surface area (Å²) in [6.45, 7) is 2.12. The van der Waals surface area contributed by atoms with E-state index in [0.29, 0.717) is 0 Å². The zero-order valence-electron chi connectivity index (χ0n) is 9.40. The number of aromatic amines is 1. The quantitative estimate of drug-likeness (QED) is 0.767. The van der Waals surface area contributed by atoms with Crippen molar-refractivity contribution in [1.82, 2.24) is 15.2 Å². The van der Waals surface area contributed by atoms with E-state index in [2.05, 4.69) is 22.1 Å². The van der Waals surface area contributed by atoms with Crippen LogP contribution < -0.4 is 5.73 Å². The van der Waals surface area contributed by atoms with Gasteiger partial charge < -0.3 is 5.73 Å². The highest BCUT2D eigenvalue weighted by Gasteiger charge is 2.03. The van der Waals surface area contributed by atoms with Gasteiger partial charge in [-0.15, -0.1) is 0 Å². The van der Waals surface area contributed by atoms with Gasteiger partial charge >= 0.3 is 0 Å². The Morgan fingerprint density at radius 3 is 3.00 bits per heavy atom. The number of hydrogen-bond acceptors (Lipinski definition) is 3. The van der Waals surface area contributed by atoms with E-state index >= 15 is 0 Å². The molecule has 0 bridgehead atoms. The van der Waals surface area contributed by atoms with Crippen LogP contribution in [-0.4, -0.2) is 15.2 Å². The maximum absolute atomic E-state index is 5.72. The number of nitrogen functional groups attached to an aromatic ring is 1. The van der Waals surface area contributed by atoms with Gasteiger partial charge in [-0.05, 0) is 24.1 Å². The van der Waals surface area contributed by atoms with Crippen molar-refractivity contribution in [2.75, 3.05) is 5.73 Å². The summed E-state index contributed by atoms with van der Waals surface area (Å²) in [7, 11) is 0. The minimum atomic E-state index is 0.752. The number of aryl methyl sites for hydroxylation is 1. The molecule has 1 aromatic carbocycles. The Hall–Kier alpha value is -1.84. The number of nitrogens with one attached hydrogen (secondary N) is 1. The van der Waals surface area contributed by atoms with Crippen LogP contribution in [0.15, 0.2) is 24.3 Å². The maximum atomic E-state index is 5.72. The van der Waals surface area contributed by atoms with E-state index in [9.17, 15) is 0 Å². The third-order valence-corrected chi connectivity index (χ3v) is 2.37. The molecule has 3 N–H and O–H groups in total. The highest BCUT2D eigenvalue weighted by Crippen LogP contribution is 2.10. The Bertz CT molecular complexity index is 462. The second-order valence-corrected chi connectivity index (χ2v) is 3.87. The Balaban J connectivity index is 2.08. The summed E-state index contributed by atoms with van der Waals surface area (Å²) in [5, 5.41) is 7.11. The number of nitrogens with zero attached hydrogens (tertiary/aromatic N) is 2. The molecule has 0 aliphatic heterocycles. The molecule has 4 heteroatoms. The van der Waals surface area contributed by atoms with Crippen molar-refractivity contribution in [2.45, 2.75) is 26.2 Å². The van der Waals surface area contributed by atoms with Crippen LogP contribution >= 0.6 is 0 Å². The van der Waals surface area contributed by atoms with Gasteiger partial charge in [0, 0.05) is 18.5 Å². The zero-order valence-corrected chi connectivity index (χ0v) is 9.40. The highest BCUT2D eigenvalue weighted by molar-refractivity contribution is 5.41. The molecule has 0 amide bonds. The van der Waals surface area contributed by atoms with Gasteiger partial charge in [0.15, 0.2) is 5.82 Å². The van der Waals surface area contributed by atoms with Crippen LogP contribution in [0.1, 0.15) is 30.6 Å². The summed E-state index contributed by atoms with van der Waals surface area (Å²) in [4.78, 5) is 4.42. The minimum Gasteiger partial charge on any atom is -0.399 e.